The lowest BCUT2D eigenvalue weighted by molar-refractivity contribution is -0.120. The van der Waals surface area contributed by atoms with Crippen LogP contribution < -0.4 is 10.6 Å². The molecule has 0 unspecified atom stereocenters. The van der Waals surface area contributed by atoms with Crippen LogP contribution in [0.5, 0.6) is 0 Å². The summed E-state index contributed by atoms with van der Waals surface area (Å²) >= 11 is 6.20. The fraction of sp³-hybridized carbons (Fsp3) is 0.481. The summed E-state index contributed by atoms with van der Waals surface area (Å²) in [6.07, 6.45) is 4.96. The van der Waals surface area contributed by atoms with Crippen molar-refractivity contribution in [2.24, 2.45) is 0 Å². The van der Waals surface area contributed by atoms with Gasteiger partial charge in [0.1, 0.15) is 6.16 Å². The monoisotopic (exact) mass is 487 g/mol. The molecule has 6 heteroatoms. The van der Waals surface area contributed by atoms with E-state index in [9.17, 15) is 9.59 Å². The molecule has 4 nitrogen and oxygen atoms in total. The highest BCUT2D eigenvalue weighted by Crippen LogP contribution is 2.74. The van der Waals surface area contributed by atoms with Crippen molar-refractivity contribution in [3.05, 3.63) is 57.6 Å². The Labute approximate surface area is 204 Å². The number of hydrogen-bond acceptors (Lipinski definition) is 2. The normalized spacial score (nSPS) is 15.0. The summed E-state index contributed by atoms with van der Waals surface area (Å²) in [5.74, 6) is 0.113. The summed E-state index contributed by atoms with van der Waals surface area (Å²) in [6.45, 7) is 12.3. The average Bonchev–Trinajstić information content (AvgIpc) is 2.71. The molecule has 33 heavy (non-hydrogen) atoms. The van der Waals surface area contributed by atoms with Gasteiger partial charge >= 0.3 is 0 Å². The molecule has 2 aromatic carbocycles. The second-order valence-electron chi connectivity index (χ2n) is 9.50. The Morgan fingerprint density at radius 1 is 0.909 bits per heavy atom. The van der Waals surface area contributed by atoms with Gasteiger partial charge in [-0.25, -0.2) is 0 Å². The van der Waals surface area contributed by atoms with E-state index in [0.29, 0.717) is 11.2 Å². The van der Waals surface area contributed by atoms with Crippen LogP contribution in [-0.4, -0.2) is 35.5 Å². The highest BCUT2D eigenvalue weighted by molar-refractivity contribution is 7.79. The molecule has 1 aliphatic rings. The van der Waals surface area contributed by atoms with Crippen molar-refractivity contribution in [3.63, 3.8) is 0 Å². The first-order valence-corrected chi connectivity index (χ1v) is 14.6. The Morgan fingerprint density at radius 3 is 1.88 bits per heavy atom. The maximum Gasteiger partial charge on any atom is 0.268 e. The molecule has 0 atom stereocenters. The van der Waals surface area contributed by atoms with E-state index in [1.807, 2.05) is 58.0 Å². The lowest BCUT2D eigenvalue weighted by Gasteiger charge is -2.48. The van der Waals surface area contributed by atoms with Gasteiger partial charge in [0.05, 0.1) is 12.3 Å². The highest BCUT2D eigenvalue weighted by atomic mass is 35.5. The van der Waals surface area contributed by atoms with Crippen LogP contribution in [0.3, 0.4) is 0 Å². The van der Waals surface area contributed by atoms with Crippen LogP contribution in [0.2, 0.25) is 5.02 Å². The number of carbonyl (C=O) groups excluding carboxylic acids is 2. The molecular formula is C27H37ClN2O2P+. The van der Waals surface area contributed by atoms with Gasteiger partial charge in [0.2, 0.25) is 0 Å². The van der Waals surface area contributed by atoms with Gasteiger partial charge in [-0.1, -0.05) is 29.8 Å². The molecule has 1 aliphatic carbocycles. The SMILES string of the molecule is CC[P+](CC)(CC(=O)Nc1c(C)cccc1C)C1(C(=O)Nc2c(C)cc(Cl)cc2C)CCC1. The molecular weight excluding hydrogens is 451 g/mol. The van der Waals surface area contributed by atoms with Crippen LogP contribution in [0.15, 0.2) is 30.3 Å². The molecule has 3 rings (SSSR count). The number of hydrogen-bond donors (Lipinski definition) is 2. The Balaban J connectivity index is 1.89. The quantitative estimate of drug-likeness (QED) is 0.389. The van der Waals surface area contributed by atoms with Crippen LogP contribution in [0, 0.1) is 27.7 Å². The molecule has 2 amide bonds. The van der Waals surface area contributed by atoms with E-state index < -0.39 is 12.4 Å². The molecule has 0 spiro atoms. The van der Waals surface area contributed by atoms with Gasteiger partial charge in [-0.2, -0.15) is 0 Å². The first kappa shape index (κ1) is 25.7. The van der Waals surface area contributed by atoms with Crippen molar-refractivity contribution < 1.29 is 9.59 Å². The highest BCUT2D eigenvalue weighted by Gasteiger charge is 2.64. The largest absolute Gasteiger partial charge is 0.322 e. The summed E-state index contributed by atoms with van der Waals surface area (Å²) in [5.41, 5.74) is 5.79. The summed E-state index contributed by atoms with van der Waals surface area (Å²) in [6, 6.07) is 9.81. The Hall–Kier alpha value is -1.90. The number of amides is 2. The third-order valence-corrected chi connectivity index (χ3v) is 13.6. The van der Waals surface area contributed by atoms with Gasteiger partial charge in [-0.05, 0) is 95.2 Å². The second-order valence-corrected chi connectivity index (χ2v) is 14.7. The zero-order chi connectivity index (χ0) is 24.4. The van der Waals surface area contributed by atoms with E-state index in [4.69, 9.17) is 11.6 Å². The topological polar surface area (TPSA) is 58.2 Å². The van der Waals surface area contributed by atoms with E-state index in [0.717, 1.165) is 65.2 Å². The van der Waals surface area contributed by atoms with Crippen molar-refractivity contribution in [2.45, 2.75) is 66.0 Å². The van der Waals surface area contributed by atoms with Gasteiger partial charge < -0.3 is 10.6 Å². The molecule has 2 aromatic rings. The lowest BCUT2D eigenvalue weighted by Crippen LogP contribution is -2.53. The fourth-order valence-electron chi connectivity index (χ4n) is 5.44. The van der Waals surface area contributed by atoms with Gasteiger partial charge in [0.15, 0.2) is 5.16 Å². The van der Waals surface area contributed by atoms with Crippen LogP contribution in [0.4, 0.5) is 11.4 Å². The van der Waals surface area contributed by atoms with Crippen LogP contribution in [-0.2, 0) is 9.59 Å². The molecule has 0 heterocycles. The number of carbonyl (C=O) groups is 2. The van der Waals surface area contributed by atoms with Gasteiger partial charge in [0.25, 0.3) is 11.8 Å². The molecule has 178 valence electrons. The van der Waals surface area contributed by atoms with Gasteiger partial charge in [0, 0.05) is 23.7 Å². The first-order chi connectivity index (χ1) is 15.6. The Morgan fingerprint density at radius 2 is 1.42 bits per heavy atom. The van der Waals surface area contributed by atoms with E-state index in [-0.39, 0.29) is 11.8 Å². The molecule has 0 bridgehead atoms. The van der Waals surface area contributed by atoms with E-state index in [2.05, 4.69) is 24.5 Å². The number of nitrogens with one attached hydrogen (secondary N) is 2. The van der Waals surface area contributed by atoms with Crippen molar-refractivity contribution in [1.29, 1.82) is 0 Å². The number of aryl methyl sites for hydroxylation is 4. The molecule has 1 fully saturated rings. The van der Waals surface area contributed by atoms with Gasteiger partial charge in [-0.3, -0.25) is 9.59 Å². The van der Waals surface area contributed by atoms with Crippen molar-refractivity contribution in [3.8, 4) is 0 Å². The van der Waals surface area contributed by atoms with Crippen molar-refractivity contribution in [1.82, 2.24) is 0 Å². The van der Waals surface area contributed by atoms with Gasteiger partial charge in [-0.15, -0.1) is 0 Å². The summed E-state index contributed by atoms with van der Waals surface area (Å²) in [5, 5.41) is 6.68. The Bertz CT molecular complexity index is 1010. The summed E-state index contributed by atoms with van der Waals surface area (Å²) in [7, 11) is -1.90. The zero-order valence-electron chi connectivity index (χ0n) is 20.8. The van der Waals surface area contributed by atoms with Crippen molar-refractivity contribution in [2.75, 3.05) is 29.1 Å². The zero-order valence-corrected chi connectivity index (χ0v) is 22.4. The standard InChI is InChI=1S/C27H36ClN2O2P/c1-7-33(8-2,17-23(31)29-24-18(3)11-9-12-19(24)4)27(13-10-14-27)26(32)30-25-20(5)15-22(28)16-21(25)6/h9,11-12,15-16H,7-8,10,13-14,17H2,1-6H3,(H-,29,30,31,32)/p+1. The second kappa shape index (κ2) is 10.2. The molecule has 0 aromatic heterocycles. The lowest BCUT2D eigenvalue weighted by atomic mass is 9.83. The molecule has 2 N–H and O–H groups in total. The number of benzene rings is 2. The molecule has 0 radical (unpaired) electrons. The predicted molar refractivity (Wildman–Crippen MR) is 144 cm³/mol. The van der Waals surface area contributed by atoms with Crippen LogP contribution in [0.1, 0.15) is 55.4 Å². The third-order valence-electron chi connectivity index (χ3n) is 7.65. The molecule has 1 saturated carbocycles. The maximum atomic E-state index is 13.9. The minimum absolute atomic E-state index is 0.0300. The van der Waals surface area contributed by atoms with Crippen LogP contribution in [0.25, 0.3) is 0 Å². The number of halogens is 1. The van der Waals surface area contributed by atoms with Crippen LogP contribution >= 0.6 is 18.9 Å². The fourth-order valence-corrected chi connectivity index (χ4v) is 10.6. The number of rotatable bonds is 8. The minimum Gasteiger partial charge on any atom is -0.322 e. The number of para-hydroxylation sites is 1. The van der Waals surface area contributed by atoms with E-state index in [1.165, 1.54) is 0 Å². The summed E-state index contributed by atoms with van der Waals surface area (Å²) < 4.78 is 0. The first-order valence-electron chi connectivity index (χ1n) is 11.9. The predicted octanol–water partition coefficient (Wildman–Crippen LogP) is 7.13. The Kier molecular flexibility index (Phi) is 7.91. The smallest absolute Gasteiger partial charge is 0.268 e. The van der Waals surface area contributed by atoms with E-state index in [1.54, 1.807) is 0 Å². The third kappa shape index (κ3) is 4.84. The van der Waals surface area contributed by atoms with Crippen molar-refractivity contribution >= 4 is 42.1 Å². The van der Waals surface area contributed by atoms with E-state index >= 15 is 0 Å². The molecule has 0 aliphatic heterocycles. The average molecular weight is 488 g/mol. The maximum absolute atomic E-state index is 13.9. The summed E-state index contributed by atoms with van der Waals surface area (Å²) in [4.78, 5) is 27.2. The minimum atomic E-state index is -1.90. The number of anilines is 2. The molecule has 0 saturated heterocycles.